The molecule has 3 aromatic carbocycles. The highest BCUT2D eigenvalue weighted by Crippen LogP contribution is 2.39. The van der Waals surface area contributed by atoms with Crippen LogP contribution in [0.2, 0.25) is 5.02 Å². The largest absolute Gasteiger partial charge is 0.496 e. The number of urea groups is 1. The van der Waals surface area contributed by atoms with Crippen LogP contribution in [0.5, 0.6) is 5.75 Å². The molecule has 202 valence electrons. The van der Waals surface area contributed by atoms with Crippen molar-refractivity contribution >= 4 is 23.3 Å². The van der Waals surface area contributed by atoms with Gasteiger partial charge in [-0.25, -0.2) is 13.6 Å². The number of rotatable bonds is 7. The molecule has 0 aliphatic carbocycles. The summed E-state index contributed by atoms with van der Waals surface area (Å²) in [6.45, 7) is 0. The number of alkyl halides is 3. The van der Waals surface area contributed by atoms with E-state index in [-0.39, 0.29) is 28.4 Å². The summed E-state index contributed by atoms with van der Waals surface area (Å²) >= 11 is 6.03. The van der Waals surface area contributed by atoms with Crippen LogP contribution in [0.25, 0.3) is 0 Å². The number of carbonyl (C=O) groups is 1. The molecule has 1 heterocycles. The van der Waals surface area contributed by atoms with Crippen molar-refractivity contribution < 1.29 is 31.5 Å². The Bertz CT molecular complexity index is 1480. The van der Waals surface area contributed by atoms with Gasteiger partial charge in [-0.2, -0.15) is 13.2 Å². The van der Waals surface area contributed by atoms with Gasteiger partial charge in [-0.3, -0.25) is 4.98 Å². The lowest BCUT2D eigenvalue weighted by Gasteiger charge is -2.36. The zero-order chi connectivity index (χ0) is 28.2. The molecular weight excluding hydrogens is 541 g/mol. The molecule has 0 saturated carbocycles. The monoisotopic (exact) mass is 561 g/mol. The number of nitrogens with zero attached hydrogens (tertiary/aromatic N) is 1. The Morgan fingerprint density at radius 2 is 1.67 bits per heavy atom. The van der Waals surface area contributed by atoms with Crippen molar-refractivity contribution in [1.29, 1.82) is 0 Å². The molecule has 0 fully saturated rings. The number of amides is 2. The van der Waals surface area contributed by atoms with Gasteiger partial charge < -0.3 is 15.4 Å². The first-order valence-corrected chi connectivity index (χ1v) is 11.8. The third kappa shape index (κ3) is 6.46. The number of nitrogens with one attached hydrogen (secondary N) is 2. The molecule has 5 nitrogen and oxygen atoms in total. The molecule has 4 aromatic rings. The Balaban J connectivity index is 1.95. The highest BCUT2D eigenvalue weighted by molar-refractivity contribution is 6.30. The second kappa shape index (κ2) is 11.3. The second-order valence-corrected chi connectivity index (χ2v) is 9.01. The van der Waals surface area contributed by atoms with E-state index in [0.717, 1.165) is 18.2 Å². The quantitative estimate of drug-likeness (QED) is 0.232. The van der Waals surface area contributed by atoms with Crippen molar-refractivity contribution in [3.05, 3.63) is 124 Å². The summed E-state index contributed by atoms with van der Waals surface area (Å²) in [6.07, 6.45) is -3.84. The maximum atomic E-state index is 14.7. The molecular formula is C28H21ClF5N3O2. The maximum Gasteiger partial charge on any atom is 0.416 e. The lowest BCUT2D eigenvalue weighted by Crippen LogP contribution is -2.51. The summed E-state index contributed by atoms with van der Waals surface area (Å²) in [6, 6.07) is 15.6. The van der Waals surface area contributed by atoms with E-state index in [1.54, 1.807) is 24.3 Å². The van der Waals surface area contributed by atoms with Crippen molar-refractivity contribution in [3.63, 3.8) is 0 Å². The fraction of sp³-hybridized carbons (Fsp3) is 0.143. The van der Waals surface area contributed by atoms with Crippen LogP contribution in [0.15, 0.2) is 85.1 Å². The molecule has 0 aliphatic heterocycles. The highest BCUT2D eigenvalue weighted by atomic mass is 35.5. The number of hydrogen-bond acceptors (Lipinski definition) is 3. The van der Waals surface area contributed by atoms with Crippen LogP contribution in [0.1, 0.15) is 22.4 Å². The second-order valence-electron chi connectivity index (χ2n) is 8.57. The minimum Gasteiger partial charge on any atom is -0.496 e. The van der Waals surface area contributed by atoms with Gasteiger partial charge in [0.25, 0.3) is 0 Å². The lowest BCUT2D eigenvalue weighted by molar-refractivity contribution is -0.137. The number of benzene rings is 3. The van der Waals surface area contributed by atoms with E-state index in [1.165, 1.54) is 43.6 Å². The molecule has 0 radical (unpaired) electrons. The molecule has 11 heteroatoms. The molecule has 2 amide bonds. The molecule has 0 aliphatic rings. The summed E-state index contributed by atoms with van der Waals surface area (Å²) in [5.74, 6) is -1.42. The van der Waals surface area contributed by atoms with E-state index < -0.39 is 34.9 Å². The standard InChI is InChI=1S/C28H21ClF5N3O2/c1-39-24-8-3-2-5-17(24)15-27(25-10-9-20(29)16-35-25,18-11-19(28(32,33)34)13-22(31)12-18)37-26(38)36-23-7-4-6-21(30)14-23/h2-14,16H,15H2,1H3,(H2,36,37,38)/t27-/m0/s1. The Morgan fingerprint density at radius 1 is 0.923 bits per heavy atom. The first-order valence-electron chi connectivity index (χ1n) is 11.5. The predicted octanol–water partition coefficient (Wildman–Crippen LogP) is 7.35. The van der Waals surface area contributed by atoms with Gasteiger partial charge in [0.15, 0.2) is 0 Å². The van der Waals surface area contributed by atoms with Crippen molar-refractivity contribution in [2.45, 2.75) is 18.1 Å². The third-order valence-electron chi connectivity index (χ3n) is 5.94. The number of carbonyl (C=O) groups excluding carboxylic acids is 1. The van der Waals surface area contributed by atoms with Gasteiger partial charge in [0.05, 0.1) is 23.4 Å². The summed E-state index contributed by atoms with van der Waals surface area (Å²) in [5.41, 5.74) is -2.77. The number of halogens is 6. The van der Waals surface area contributed by atoms with Gasteiger partial charge >= 0.3 is 12.2 Å². The Morgan fingerprint density at radius 3 is 2.33 bits per heavy atom. The van der Waals surface area contributed by atoms with E-state index in [1.807, 2.05) is 0 Å². The van der Waals surface area contributed by atoms with Crippen LogP contribution in [0, 0.1) is 11.6 Å². The van der Waals surface area contributed by atoms with Gasteiger partial charge in [-0.1, -0.05) is 35.9 Å². The molecule has 4 rings (SSSR count). The molecule has 1 atom stereocenters. The van der Waals surface area contributed by atoms with Crippen LogP contribution >= 0.6 is 11.6 Å². The topological polar surface area (TPSA) is 63.2 Å². The van der Waals surface area contributed by atoms with Crippen LogP contribution in [0.4, 0.5) is 32.4 Å². The smallest absolute Gasteiger partial charge is 0.416 e. The van der Waals surface area contributed by atoms with Gasteiger partial charge in [-0.05, 0) is 65.7 Å². The molecule has 0 spiro atoms. The van der Waals surface area contributed by atoms with Crippen molar-refractivity contribution in [2.24, 2.45) is 0 Å². The van der Waals surface area contributed by atoms with E-state index >= 15 is 0 Å². The molecule has 0 bridgehead atoms. The van der Waals surface area contributed by atoms with E-state index in [4.69, 9.17) is 16.3 Å². The van der Waals surface area contributed by atoms with Crippen LogP contribution in [0.3, 0.4) is 0 Å². The summed E-state index contributed by atoms with van der Waals surface area (Å²) in [7, 11) is 1.41. The average molecular weight is 562 g/mol. The van der Waals surface area contributed by atoms with Gasteiger partial charge in [0.1, 0.15) is 22.9 Å². The summed E-state index contributed by atoms with van der Waals surface area (Å²) < 4.78 is 75.2. The van der Waals surface area contributed by atoms with E-state index in [0.29, 0.717) is 17.4 Å². The molecule has 0 unspecified atom stereocenters. The SMILES string of the molecule is COc1ccccc1C[C@](NC(=O)Nc1cccc(F)c1)(c1cc(F)cc(C(F)(F)F)c1)c1ccc(Cl)cn1. The number of methoxy groups -OCH3 is 1. The van der Waals surface area contributed by atoms with E-state index in [2.05, 4.69) is 15.6 Å². The van der Waals surface area contributed by atoms with Crippen molar-refractivity contribution in [2.75, 3.05) is 12.4 Å². The minimum absolute atomic E-state index is 0.0610. The molecule has 0 saturated heterocycles. The lowest BCUT2D eigenvalue weighted by atomic mass is 9.79. The predicted molar refractivity (Wildman–Crippen MR) is 137 cm³/mol. The number of hydrogen-bond donors (Lipinski definition) is 2. The highest BCUT2D eigenvalue weighted by Gasteiger charge is 2.41. The number of aromatic nitrogens is 1. The van der Waals surface area contributed by atoms with Crippen LogP contribution in [-0.4, -0.2) is 18.1 Å². The fourth-order valence-corrected chi connectivity index (χ4v) is 4.32. The average Bonchev–Trinajstić information content (AvgIpc) is 2.88. The Labute approximate surface area is 225 Å². The van der Waals surface area contributed by atoms with Crippen LogP contribution < -0.4 is 15.4 Å². The molecule has 2 N–H and O–H groups in total. The first-order chi connectivity index (χ1) is 18.5. The van der Waals surface area contributed by atoms with Crippen molar-refractivity contribution in [1.82, 2.24) is 10.3 Å². The maximum absolute atomic E-state index is 14.7. The summed E-state index contributed by atoms with van der Waals surface area (Å²) in [4.78, 5) is 17.6. The van der Waals surface area contributed by atoms with Gasteiger partial charge in [0, 0.05) is 18.3 Å². The Hall–Kier alpha value is -4.18. The Kier molecular flexibility index (Phi) is 8.06. The number of ether oxygens (including phenoxy) is 1. The third-order valence-corrected chi connectivity index (χ3v) is 6.16. The van der Waals surface area contributed by atoms with E-state index in [9.17, 15) is 26.7 Å². The fourth-order valence-electron chi connectivity index (χ4n) is 4.21. The van der Waals surface area contributed by atoms with Gasteiger partial charge in [0.2, 0.25) is 0 Å². The number of pyridine rings is 1. The normalized spacial score (nSPS) is 12.9. The first kappa shape index (κ1) is 27.8. The minimum atomic E-state index is -4.88. The number of para-hydroxylation sites is 1. The molecule has 39 heavy (non-hydrogen) atoms. The zero-order valence-electron chi connectivity index (χ0n) is 20.3. The number of anilines is 1. The van der Waals surface area contributed by atoms with Crippen molar-refractivity contribution in [3.8, 4) is 5.75 Å². The molecule has 1 aromatic heterocycles. The summed E-state index contributed by atoms with van der Waals surface area (Å²) in [5, 5.41) is 5.39. The van der Waals surface area contributed by atoms with Gasteiger partial charge in [-0.15, -0.1) is 0 Å². The van der Waals surface area contributed by atoms with Crippen LogP contribution in [-0.2, 0) is 18.1 Å². The zero-order valence-corrected chi connectivity index (χ0v) is 21.1.